The van der Waals surface area contributed by atoms with E-state index < -0.39 is 0 Å². The van der Waals surface area contributed by atoms with E-state index in [4.69, 9.17) is 32.7 Å². The van der Waals surface area contributed by atoms with Crippen molar-refractivity contribution in [2.45, 2.75) is 20.0 Å². The average Bonchev–Trinajstić information content (AvgIpc) is 2.90. The maximum atomic E-state index is 12.3. The summed E-state index contributed by atoms with van der Waals surface area (Å²) in [4.78, 5) is 20.9. The molecule has 10 heteroatoms. The van der Waals surface area contributed by atoms with Crippen LogP contribution in [0.2, 0.25) is 5.02 Å². The summed E-state index contributed by atoms with van der Waals surface area (Å²) in [6.45, 7) is 2.53. The molecule has 0 unspecified atom stereocenters. The molecule has 4 rings (SSSR count). The van der Waals surface area contributed by atoms with E-state index in [1.807, 2.05) is 25.1 Å². The Hall–Kier alpha value is -4.06. The van der Waals surface area contributed by atoms with Gasteiger partial charge in [0.2, 0.25) is 5.91 Å². The van der Waals surface area contributed by atoms with Gasteiger partial charge in [0.15, 0.2) is 0 Å². The maximum Gasteiger partial charge on any atom is 0.225 e. The van der Waals surface area contributed by atoms with E-state index in [0.29, 0.717) is 56.7 Å². The standard InChI is InChI=1S/C27H23Cl2N5O3/c1-2-36-25-13-22-20(12-23(25)34-26(35)8-9-28)27(17(14-30)15-32-22)33-18-6-7-24(21(29)11-18)37-16-19-5-3-4-10-31-19/h3-7,10-13,15H,2,8-9,16H2,1H3,(H,32,33)(H,34,35). The lowest BCUT2D eigenvalue weighted by Gasteiger charge is -2.16. The maximum absolute atomic E-state index is 12.3. The van der Waals surface area contributed by atoms with Crippen LogP contribution in [-0.4, -0.2) is 28.4 Å². The Balaban J connectivity index is 1.67. The van der Waals surface area contributed by atoms with Crippen LogP contribution in [0, 0.1) is 11.3 Å². The number of nitriles is 1. The highest BCUT2D eigenvalue weighted by molar-refractivity contribution is 6.32. The number of alkyl halides is 1. The number of amides is 1. The highest BCUT2D eigenvalue weighted by atomic mass is 35.5. The number of rotatable bonds is 10. The SMILES string of the molecule is CCOc1cc2ncc(C#N)c(Nc3ccc(OCc4ccccn4)c(Cl)c3)c2cc1NC(=O)CCCl. The topological polar surface area (TPSA) is 109 Å². The zero-order valence-electron chi connectivity index (χ0n) is 19.9. The molecule has 0 radical (unpaired) electrons. The predicted molar refractivity (Wildman–Crippen MR) is 145 cm³/mol. The first kappa shape index (κ1) is 26.0. The van der Waals surface area contributed by atoms with Gasteiger partial charge in [-0.1, -0.05) is 17.7 Å². The second kappa shape index (κ2) is 12.3. The van der Waals surface area contributed by atoms with E-state index in [2.05, 4.69) is 26.7 Å². The molecule has 0 saturated carbocycles. The molecule has 2 aromatic carbocycles. The van der Waals surface area contributed by atoms with Crippen molar-refractivity contribution in [1.29, 1.82) is 5.26 Å². The molecule has 8 nitrogen and oxygen atoms in total. The van der Waals surface area contributed by atoms with Gasteiger partial charge in [-0.25, -0.2) is 0 Å². The molecule has 188 valence electrons. The van der Waals surface area contributed by atoms with Crippen LogP contribution in [0.3, 0.4) is 0 Å². The molecule has 0 aliphatic carbocycles. The third-order valence-electron chi connectivity index (χ3n) is 5.29. The average molecular weight is 536 g/mol. The van der Waals surface area contributed by atoms with Gasteiger partial charge in [0, 0.05) is 41.8 Å². The minimum atomic E-state index is -0.248. The number of fused-ring (bicyclic) bond motifs is 1. The van der Waals surface area contributed by atoms with Crippen molar-refractivity contribution in [3.63, 3.8) is 0 Å². The molecule has 2 N–H and O–H groups in total. The van der Waals surface area contributed by atoms with Crippen molar-refractivity contribution in [1.82, 2.24) is 9.97 Å². The van der Waals surface area contributed by atoms with Gasteiger partial charge >= 0.3 is 0 Å². The van der Waals surface area contributed by atoms with Crippen molar-refractivity contribution in [2.24, 2.45) is 0 Å². The number of carbonyl (C=O) groups excluding carboxylic acids is 1. The Morgan fingerprint density at radius 2 is 1.97 bits per heavy atom. The summed E-state index contributed by atoms with van der Waals surface area (Å²) in [5.74, 6) is 0.919. The predicted octanol–water partition coefficient (Wildman–Crippen LogP) is 6.44. The number of nitrogens with one attached hydrogen (secondary N) is 2. The van der Waals surface area contributed by atoms with Crippen molar-refractivity contribution >= 4 is 57.1 Å². The monoisotopic (exact) mass is 535 g/mol. The minimum absolute atomic E-state index is 0.153. The number of hydrogen-bond donors (Lipinski definition) is 2. The Labute approximate surface area is 224 Å². The Bertz CT molecular complexity index is 1460. The summed E-state index contributed by atoms with van der Waals surface area (Å²) in [7, 11) is 0. The summed E-state index contributed by atoms with van der Waals surface area (Å²) in [6, 6.07) is 16.5. The van der Waals surface area contributed by atoms with E-state index in [1.54, 1.807) is 36.5 Å². The molecule has 1 amide bonds. The molecule has 0 aliphatic heterocycles. The normalized spacial score (nSPS) is 10.5. The highest BCUT2D eigenvalue weighted by Gasteiger charge is 2.16. The lowest BCUT2D eigenvalue weighted by molar-refractivity contribution is -0.115. The summed E-state index contributed by atoms with van der Waals surface area (Å²) in [5, 5.41) is 16.9. The van der Waals surface area contributed by atoms with E-state index in [-0.39, 0.29) is 24.8 Å². The third kappa shape index (κ3) is 6.39. The molecular formula is C27H23Cl2N5O3. The number of carbonyl (C=O) groups is 1. The van der Waals surface area contributed by atoms with Gasteiger partial charge in [-0.05, 0) is 43.3 Å². The fourth-order valence-corrected chi connectivity index (χ4v) is 3.99. The van der Waals surface area contributed by atoms with Crippen LogP contribution in [0.15, 0.2) is 60.9 Å². The first-order chi connectivity index (χ1) is 18.0. The Morgan fingerprint density at radius 1 is 1.11 bits per heavy atom. The van der Waals surface area contributed by atoms with E-state index >= 15 is 0 Å². The van der Waals surface area contributed by atoms with Gasteiger partial charge < -0.3 is 20.1 Å². The van der Waals surface area contributed by atoms with Gasteiger partial charge in [-0.2, -0.15) is 5.26 Å². The fourth-order valence-electron chi connectivity index (χ4n) is 3.59. The molecule has 0 bridgehead atoms. The molecule has 0 atom stereocenters. The number of pyridine rings is 2. The Kier molecular flexibility index (Phi) is 8.62. The largest absolute Gasteiger partial charge is 0.492 e. The summed E-state index contributed by atoms with van der Waals surface area (Å²) in [5.41, 5.74) is 3.30. The molecule has 0 fully saturated rings. The molecule has 37 heavy (non-hydrogen) atoms. The summed E-state index contributed by atoms with van der Waals surface area (Å²) in [6.07, 6.45) is 3.34. The summed E-state index contributed by atoms with van der Waals surface area (Å²) < 4.78 is 11.5. The van der Waals surface area contributed by atoms with Crippen molar-refractivity contribution in [2.75, 3.05) is 23.1 Å². The van der Waals surface area contributed by atoms with Crippen molar-refractivity contribution in [3.05, 3.63) is 77.2 Å². The van der Waals surface area contributed by atoms with E-state index in [1.165, 1.54) is 6.20 Å². The van der Waals surface area contributed by atoms with Gasteiger partial charge in [0.1, 0.15) is 24.2 Å². The quantitative estimate of drug-likeness (QED) is 0.224. The first-order valence-electron chi connectivity index (χ1n) is 11.5. The van der Waals surface area contributed by atoms with Crippen LogP contribution in [0.5, 0.6) is 11.5 Å². The van der Waals surface area contributed by atoms with Gasteiger partial charge in [0.05, 0.1) is 39.8 Å². The molecule has 0 aliphatic rings. The number of hydrogen-bond acceptors (Lipinski definition) is 7. The fraction of sp³-hybridized carbons (Fsp3) is 0.185. The summed E-state index contributed by atoms with van der Waals surface area (Å²) >= 11 is 12.2. The lowest BCUT2D eigenvalue weighted by atomic mass is 10.1. The molecule has 0 spiro atoms. The van der Waals surface area contributed by atoms with E-state index in [9.17, 15) is 10.1 Å². The molecule has 2 heterocycles. The molecule has 4 aromatic rings. The van der Waals surface area contributed by atoms with E-state index in [0.717, 1.165) is 5.69 Å². The van der Waals surface area contributed by atoms with Gasteiger partial charge in [-0.3, -0.25) is 14.8 Å². The van der Waals surface area contributed by atoms with Gasteiger partial charge in [0.25, 0.3) is 0 Å². The highest BCUT2D eigenvalue weighted by Crippen LogP contribution is 2.37. The zero-order chi connectivity index (χ0) is 26.2. The lowest BCUT2D eigenvalue weighted by Crippen LogP contribution is -2.13. The number of benzene rings is 2. The number of ether oxygens (including phenoxy) is 2. The van der Waals surface area contributed by atoms with Crippen molar-refractivity contribution < 1.29 is 14.3 Å². The third-order valence-corrected chi connectivity index (χ3v) is 5.77. The number of halogens is 2. The van der Waals surface area contributed by atoms with Crippen molar-refractivity contribution in [3.8, 4) is 17.6 Å². The second-order valence-corrected chi connectivity index (χ2v) is 8.61. The molecule has 2 aromatic heterocycles. The van der Waals surface area contributed by atoms with Crippen LogP contribution < -0.4 is 20.1 Å². The Morgan fingerprint density at radius 3 is 2.68 bits per heavy atom. The molecular weight excluding hydrogens is 513 g/mol. The van der Waals surface area contributed by atoms with Crippen LogP contribution in [-0.2, 0) is 11.4 Å². The van der Waals surface area contributed by atoms with Crippen LogP contribution in [0.25, 0.3) is 10.9 Å². The zero-order valence-corrected chi connectivity index (χ0v) is 21.4. The molecule has 0 saturated heterocycles. The van der Waals surface area contributed by atoms with Gasteiger partial charge in [-0.15, -0.1) is 11.6 Å². The number of anilines is 3. The van der Waals surface area contributed by atoms with Crippen LogP contribution in [0.1, 0.15) is 24.6 Å². The first-order valence-corrected chi connectivity index (χ1v) is 12.4. The number of aromatic nitrogens is 2. The minimum Gasteiger partial charge on any atom is -0.492 e. The smallest absolute Gasteiger partial charge is 0.225 e. The number of nitrogens with zero attached hydrogens (tertiary/aromatic N) is 3. The van der Waals surface area contributed by atoms with Crippen LogP contribution in [0.4, 0.5) is 17.1 Å². The van der Waals surface area contributed by atoms with Crippen LogP contribution >= 0.6 is 23.2 Å². The second-order valence-electron chi connectivity index (χ2n) is 7.82.